The average molecular weight is 570 g/mol. The molecule has 0 radical (unpaired) electrons. The number of benzene rings is 3. The van der Waals surface area contributed by atoms with Gasteiger partial charge in [-0.2, -0.15) is 0 Å². The number of carbonyl (C=O) groups is 3. The number of rotatable bonds is 7. The minimum atomic E-state index is -0.799. The fourth-order valence-electron chi connectivity index (χ4n) is 3.70. The first-order chi connectivity index (χ1) is 17.3. The number of amides is 4. The lowest BCUT2D eigenvalue weighted by Gasteiger charge is -2.27. The maximum atomic E-state index is 13.3. The van der Waals surface area contributed by atoms with E-state index in [9.17, 15) is 14.4 Å². The molecular weight excluding hydrogens is 548 g/mol. The number of anilines is 1. The quantitative estimate of drug-likeness (QED) is 0.276. The summed E-state index contributed by atoms with van der Waals surface area (Å²) in [5.74, 6) is -0.529. The summed E-state index contributed by atoms with van der Waals surface area (Å²) >= 11 is 9.42. The normalized spacial score (nSPS) is 14.7. The molecule has 9 heteroatoms. The highest BCUT2D eigenvalue weighted by molar-refractivity contribution is 9.10. The maximum absolute atomic E-state index is 13.3. The van der Waals surface area contributed by atoms with Crippen molar-refractivity contribution in [3.8, 4) is 11.5 Å². The van der Waals surface area contributed by atoms with Gasteiger partial charge in [-0.25, -0.2) is 9.69 Å². The molecule has 3 aromatic rings. The molecule has 4 rings (SSSR count). The van der Waals surface area contributed by atoms with Crippen molar-refractivity contribution in [1.82, 2.24) is 5.32 Å². The standard InChI is InChI=1S/C27H22BrClN2O5/c1-3-35-24-14-17(7-10-23(24)36-15-18-5-4-6-20(29)12-18)13-21-25(32)30-27(34)31(26(21)33)22-9-8-19(28)11-16(22)2/h4-14H,3,15H2,1-2H3,(H,30,32,34)/b21-13-. The zero-order chi connectivity index (χ0) is 25.8. The van der Waals surface area contributed by atoms with Crippen LogP contribution in [0.15, 0.2) is 70.7 Å². The molecule has 7 nitrogen and oxygen atoms in total. The molecule has 0 saturated carbocycles. The summed E-state index contributed by atoms with van der Waals surface area (Å²) in [5, 5.41) is 2.86. The lowest BCUT2D eigenvalue weighted by Crippen LogP contribution is -2.54. The van der Waals surface area contributed by atoms with E-state index < -0.39 is 17.8 Å². The Hall–Kier alpha value is -3.62. The molecule has 36 heavy (non-hydrogen) atoms. The van der Waals surface area contributed by atoms with Crippen LogP contribution in [0.25, 0.3) is 6.08 Å². The van der Waals surface area contributed by atoms with Crippen LogP contribution in [0.1, 0.15) is 23.6 Å². The van der Waals surface area contributed by atoms with Gasteiger partial charge in [-0.3, -0.25) is 14.9 Å². The van der Waals surface area contributed by atoms with Gasteiger partial charge in [-0.05, 0) is 79.1 Å². The van der Waals surface area contributed by atoms with Crippen LogP contribution in [-0.2, 0) is 16.2 Å². The first-order valence-electron chi connectivity index (χ1n) is 11.1. The highest BCUT2D eigenvalue weighted by Crippen LogP contribution is 2.32. The summed E-state index contributed by atoms with van der Waals surface area (Å²) in [5.41, 5.74) is 2.34. The largest absolute Gasteiger partial charge is 0.490 e. The van der Waals surface area contributed by atoms with Crippen molar-refractivity contribution in [2.24, 2.45) is 0 Å². The van der Waals surface area contributed by atoms with Gasteiger partial charge in [-0.15, -0.1) is 0 Å². The Morgan fingerprint density at radius 3 is 2.53 bits per heavy atom. The van der Waals surface area contributed by atoms with Crippen molar-refractivity contribution in [3.05, 3.63) is 92.4 Å². The van der Waals surface area contributed by atoms with Crippen molar-refractivity contribution >= 4 is 57.1 Å². The Bertz CT molecular complexity index is 1390. The molecule has 0 spiro atoms. The third kappa shape index (κ3) is 5.61. The monoisotopic (exact) mass is 568 g/mol. The van der Waals surface area contributed by atoms with Gasteiger partial charge in [-0.1, -0.05) is 45.7 Å². The zero-order valence-electron chi connectivity index (χ0n) is 19.5. The summed E-state index contributed by atoms with van der Waals surface area (Å²) in [6.07, 6.45) is 1.43. The number of hydrogen-bond acceptors (Lipinski definition) is 5. The third-order valence-electron chi connectivity index (χ3n) is 5.36. The molecule has 4 amide bonds. The minimum Gasteiger partial charge on any atom is -0.490 e. The number of nitrogens with one attached hydrogen (secondary N) is 1. The predicted octanol–water partition coefficient (Wildman–Crippen LogP) is 6.06. The van der Waals surface area contributed by atoms with E-state index in [2.05, 4.69) is 21.2 Å². The second kappa shape index (κ2) is 11.0. The van der Waals surface area contributed by atoms with Crippen LogP contribution in [0, 0.1) is 6.92 Å². The van der Waals surface area contributed by atoms with E-state index in [4.69, 9.17) is 21.1 Å². The molecule has 184 valence electrons. The van der Waals surface area contributed by atoms with Gasteiger partial charge in [0.2, 0.25) is 0 Å². The fraction of sp³-hybridized carbons (Fsp3) is 0.148. The van der Waals surface area contributed by atoms with Gasteiger partial charge in [0.1, 0.15) is 12.2 Å². The van der Waals surface area contributed by atoms with E-state index in [1.165, 1.54) is 6.08 Å². The van der Waals surface area contributed by atoms with Crippen molar-refractivity contribution in [2.75, 3.05) is 11.5 Å². The lowest BCUT2D eigenvalue weighted by atomic mass is 10.1. The highest BCUT2D eigenvalue weighted by Gasteiger charge is 2.37. The second-order valence-electron chi connectivity index (χ2n) is 7.95. The van der Waals surface area contributed by atoms with Crippen LogP contribution >= 0.6 is 27.5 Å². The van der Waals surface area contributed by atoms with Crippen LogP contribution in [0.4, 0.5) is 10.5 Å². The number of halogens is 2. The smallest absolute Gasteiger partial charge is 0.335 e. The van der Waals surface area contributed by atoms with Gasteiger partial charge in [0.25, 0.3) is 11.8 Å². The van der Waals surface area contributed by atoms with Crippen LogP contribution in [-0.4, -0.2) is 24.5 Å². The molecule has 1 aliphatic heterocycles. The molecule has 1 N–H and O–H groups in total. The average Bonchev–Trinajstić information content (AvgIpc) is 2.83. The van der Waals surface area contributed by atoms with Gasteiger partial charge in [0.05, 0.1) is 12.3 Å². The van der Waals surface area contributed by atoms with Crippen LogP contribution in [0.2, 0.25) is 5.02 Å². The Morgan fingerprint density at radius 1 is 1.00 bits per heavy atom. The minimum absolute atomic E-state index is 0.174. The summed E-state index contributed by atoms with van der Waals surface area (Å²) < 4.78 is 12.5. The number of hydrogen-bond donors (Lipinski definition) is 1. The molecule has 1 saturated heterocycles. The molecule has 0 unspecified atom stereocenters. The summed E-state index contributed by atoms with van der Waals surface area (Å²) in [6, 6.07) is 16.8. The van der Waals surface area contributed by atoms with E-state index >= 15 is 0 Å². The SMILES string of the molecule is CCOc1cc(/C=C2/C(=O)NC(=O)N(c3ccc(Br)cc3C)C2=O)ccc1OCc1cccc(Cl)c1. The van der Waals surface area contributed by atoms with Gasteiger partial charge >= 0.3 is 6.03 Å². The topological polar surface area (TPSA) is 84.9 Å². The fourth-order valence-corrected chi connectivity index (χ4v) is 4.39. The maximum Gasteiger partial charge on any atom is 0.335 e. The molecule has 1 fully saturated rings. The van der Waals surface area contributed by atoms with Gasteiger partial charge < -0.3 is 9.47 Å². The number of ether oxygens (including phenoxy) is 2. The van der Waals surface area contributed by atoms with Crippen LogP contribution < -0.4 is 19.7 Å². The predicted molar refractivity (Wildman–Crippen MR) is 141 cm³/mol. The third-order valence-corrected chi connectivity index (χ3v) is 6.09. The Morgan fingerprint density at radius 2 is 1.81 bits per heavy atom. The van der Waals surface area contributed by atoms with Gasteiger partial charge in [0.15, 0.2) is 11.5 Å². The summed E-state index contributed by atoms with van der Waals surface area (Å²) in [4.78, 5) is 39.3. The van der Waals surface area contributed by atoms with Crippen molar-refractivity contribution in [3.63, 3.8) is 0 Å². The zero-order valence-corrected chi connectivity index (χ0v) is 21.9. The lowest BCUT2D eigenvalue weighted by molar-refractivity contribution is -0.122. The highest BCUT2D eigenvalue weighted by atomic mass is 79.9. The molecular formula is C27H22BrClN2O5. The number of urea groups is 1. The van der Waals surface area contributed by atoms with E-state index in [1.54, 1.807) is 49.4 Å². The first-order valence-corrected chi connectivity index (χ1v) is 12.3. The van der Waals surface area contributed by atoms with E-state index in [0.717, 1.165) is 14.9 Å². The number of imide groups is 2. The summed E-state index contributed by atoms with van der Waals surface area (Å²) in [6.45, 7) is 4.29. The molecule has 0 aliphatic carbocycles. The van der Waals surface area contributed by atoms with Crippen LogP contribution in [0.5, 0.6) is 11.5 Å². The molecule has 0 atom stereocenters. The Labute approximate surface area is 221 Å². The van der Waals surface area contributed by atoms with Gasteiger partial charge in [0, 0.05) is 9.50 Å². The van der Waals surface area contributed by atoms with E-state index in [0.29, 0.717) is 39.9 Å². The Balaban J connectivity index is 1.63. The van der Waals surface area contributed by atoms with Crippen molar-refractivity contribution in [1.29, 1.82) is 0 Å². The number of aryl methyl sites for hydroxylation is 1. The summed E-state index contributed by atoms with van der Waals surface area (Å²) in [7, 11) is 0. The Kier molecular flexibility index (Phi) is 7.76. The van der Waals surface area contributed by atoms with E-state index in [1.807, 2.05) is 25.1 Å². The molecule has 3 aromatic carbocycles. The van der Waals surface area contributed by atoms with Crippen LogP contribution in [0.3, 0.4) is 0 Å². The number of barbiturate groups is 1. The number of nitrogens with zero attached hydrogens (tertiary/aromatic N) is 1. The molecule has 0 aromatic heterocycles. The molecule has 1 heterocycles. The number of carbonyl (C=O) groups excluding carboxylic acids is 3. The van der Waals surface area contributed by atoms with Crippen molar-refractivity contribution in [2.45, 2.75) is 20.5 Å². The van der Waals surface area contributed by atoms with Crippen molar-refractivity contribution < 1.29 is 23.9 Å². The van der Waals surface area contributed by atoms with E-state index in [-0.39, 0.29) is 12.2 Å². The molecule has 1 aliphatic rings. The molecule has 0 bridgehead atoms. The first kappa shape index (κ1) is 25.5. The second-order valence-corrected chi connectivity index (χ2v) is 9.30.